The molecule has 0 saturated heterocycles. The van der Waals surface area contributed by atoms with E-state index in [-0.39, 0.29) is 18.7 Å². The van der Waals surface area contributed by atoms with Crippen molar-refractivity contribution >= 4 is 0 Å². The summed E-state index contributed by atoms with van der Waals surface area (Å²) in [6.07, 6.45) is 5.11. The average Bonchev–Trinajstić information content (AvgIpc) is 3.08. The van der Waals surface area contributed by atoms with Gasteiger partial charge in [-0.2, -0.15) is 0 Å². The maximum absolute atomic E-state index is 9.61. The molecule has 2 unspecified atom stereocenters. The van der Waals surface area contributed by atoms with E-state index in [9.17, 15) is 5.11 Å². The number of nitrogens with zero attached hydrogens (tertiary/aromatic N) is 1. The summed E-state index contributed by atoms with van der Waals surface area (Å²) >= 11 is 0. The van der Waals surface area contributed by atoms with E-state index in [0.717, 1.165) is 6.54 Å². The fourth-order valence-electron chi connectivity index (χ4n) is 2.63. The lowest BCUT2D eigenvalue weighted by Gasteiger charge is -2.35. The number of nitrogens with two attached hydrogens (primary N) is 1. The molecule has 2 saturated carbocycles. The minimum Gasteiger partial charge on any atom is -0.395 e. The molecule has 2 atom stereocenters. The van der Waals surface area contributed by atoms with Crippen LogP contribution in [0.4, 0.5) is 0 Å². The average molecular weight is 226 g/mol. The zero-order chi connectivity index (χ0) is 11.7. The molecule has 0 bridgehead atoms. The van der Waals surface area contributed by atoms with Crippen LogP contribution in [-0.2, 0) is 0 Å². The van der Waals surface area contributed by atoms with E-state index in [1.807, 2.05) is 0 Å². The van der Waals surface area contributed by atoms with Crippen LogP contribution in [0.3, 0.4) is 0 Å². The van der Waals surface area contributed by atoms with Crippen LogP contribution in [0.5, 0.6) is 0 Å². The molecule has 0 aromatic heterocycles. The Balaban J connectivity index is 1.96. The number of aliphatic hydroxyl groups excluding tert-OH is 1. The van der Waals surface area contributed by atoms with Crippen molar-refractivity contribution in [3.63, 3.8) is 0 Å². The number of rotatable bonds is 7. The predicted octanol–water partition coefficient (Wildman–Crippen LogP) is 1.21. The fourth-order valence-corrected chi connectivity index (χ4v) is 2.63. The van der Waals surface area contributed by atoms with Crippen LogP contribution in [0.15, 0.2) is 0 Å². The molecule has 2 rings (SSSR count). The predicted molar refractivity (Wildman–Crippen MR) is 66.1 cm³/mol. The standard InChI is InChI=1S/C13H26N2O/c1-9(2)7-15(11-5-6-11)12(8-16)13(14)10-3-4-10/h9-13,16H,3-8,14H2,1-2H3. The molecule has 3 nitrogen and oxygen atoms in total. The van der Waals surface area contributed by atoms with Gasteiger partial charge < -0.3 is 10.8 Å². The summed E-state index contributed by atoms with van der Waals surface area (Å²) in [5, 5.41) is 9.61. The van der Waals surface area contributed by atoms with E-state index >= 15 is 0 Å². The van der Waals surface area contributed by atoms with E-state index in [4.69, 9.17) is 5.73 Å². The van der Waals surface area contributed by atoms with Crippen molar-refractivity contribution in [3.8, 4) is 0 Å². The Labute approximate surface area is 99.0 Å². The first-order valence-electron chi connectivity index (χ1n) is 6.75. The molecule has 0 amide bonds. The molecular formula is C13H26N2O. The SMILES string of the molecule is CC(C)CN(C1CC1)C(CO)C(N)C1CC1. The summed E-state index contributed by atoms with van der Waals surface area (Å²) in [6, 6.07) is 1.08. The lowest BCUT2D eigenvalue weighted by molar-refractivity contribution is 0.0813. The number of aliphatic hydroxyl groups is 1. The van der Waals surface area contributed by atoms with Gasteiger partial charge in [-0.05, 0) is 37.5 Å². The van der Waals surface area contributed by atoms with Gasteiger partial charge >= 0.3 is 0 Å². The Kier molecular flexibility index (Phi) is 3.88. The van der Waals surface area contributed by atoms with Gasteiger partial charge in [-0.25, -0.2) is 0 Å². The van der Waals surface area contributed by atoms with E-state index in [0.29, 0.717) is 17.9 Å². The monoisotopic (exact) mass is 226 g/mol. The molecule has 3 heteroatoms. The van der Waals surface area contributed by atoms with Crippen molar-refractivity contribution in [3.05, 3.63) is 0 Å². The van der Waals surface area contributed by atoms with Gasteiger partial charge in [0.25, 0.3) is 0 Å². The molecule has 0 aromatic carbocycles. The Morgan fingerprint density at radius 2 is 1.88 bits per heavy atom. The summed E-state index contributed by atoms with van der Waals surface area (Å²) < 4.78 is 0. The molecular weight excluding hydrogens is 200 g/mol. The first-order chi connectivity index (χ1) is 7.63. The van der Waals surface area contributed by atoms with Gasteiger partial charge in [0.15, 0.2) is 0 Å². The molecule has 0 aliphatic heterocycles. The molecule has 3 N–H and O–H groups in total. The van der Waals surface area contributed by atoms with Gasteiger partial charge in [0.2, 0.25) is 0 Å². The largest absolute Gasteiger partial charge is 0.395 e. The fraction of sp³-hybridized carbons (Fsp3) is 1.00. The Bertz CT molecular complexity index is 224. The Morgan fingerprint density at radius 3 is 2.25 bits per heavy atom. The zero-order valence-electron chi connectivity index (χ0n) is 10.6. The normalized spacial score (nSPS) is 25.1. The molecule has 94 valence electrons. The third-order valence-electron chi connectivity index (χ3n) is 3.82. The number of hydrogen-bond acceptors (Lipinski definition) is 3. The van der Waals surface area contributed by atoms with Crippen LogP contribution < -0.4 is 5.73 Å². The second-order valence-corrected chi connectivity index (χ2v) is 5.99. The molecule has 2 aliphatic carbocycles. The topological polar surface area (TPSA) is 49.5 Å². The van der Waals surface area contributed by atoms with Crippen molar-refractivity contribution < 1.29 is 5.11 Å². The zero-order valence-corrected chi connectivity index (χ0v) is 10.6. The summed E-state index contributed by atoms with van der Waals surface area (Å²) in [6.45, 7) is 5.79. The highest BCUT2D eigenvalue weighted by molar-refractivity contribution is 4.97. The van der Waals surface area contributed by atoms with Gasteiger partial charge in [-0.1, -0.05) is 13.8 Å². The van der Waals surface area contributed by atoms with Gasteiger partial charge in [-0.15, -0.1) is 0 Å². The summed E-state index contributed by atoms with van der Waals surface area (Å²) in [5.41, 5.74) is 6.27. The molecule has 2 fully saturated rings. The van der Waals surface area contributed by atoms with Crippen molar-refractivity contribution in [1.29, 1.82) is 0 Å². The van der Waals surface area contributed by atoms with Crippen molar-refractivity contribution in [2.24, 2.45) is 17.6 Å². The third-order valence-corrected chi connectivity index (χ3v) is 3.82. The van der Waals surface area contributed by atoms with Crippen molar-refractivity contribution in [2.45, 2.75) is 57.7 Å². The minimum atomic E-state index is 0.185. The molecule has 0 spiro atoms. The van der Waals surface area contributed by atoms with Crippen molar-refractivity contribution in [1.82, 2.24) is 4.90 Å². The first-order valence-corrected chi connectivity index (χ1v) is 6.75. The van der Waals surface area contributed by atoms with E-state index in [2.05, 4.69) is 18.7 Å². The van der Waals surface area contributed by atoms with Gasteiger partial charge in [0, 0.05) is 24.7 Å². The van der Waals surface area contributed by atoms with E-state index in [1.54, 1.807) is 0 Å². The van der Waals surface area contributed by atoms with Crippen molar-refractivity contribution in [2.75, 3.05) is 13.2 Å². The molecule has 16 heavy (non-hydrogen) atoms. The molecule has 2 aliphatic rings. The smallest absolute Gasteiger partial charge is 0.0602 e. The quantitative estimate of drug-likeness (QED) is 0.686. The van der Waals surface area contributed by atoms with Crippen LogP contribution in [-0.4, -0.2) is 41.3 Å². The highest BCUT2D eigenvalue weighted by atomic mass is 16.3. The lowest BCUT2D eigenvalue weighted by atomic mass is 10.0. The van der Waals surface area contributed by atoms with Gasteiger partial charge in [-0.3, -0.25) is 4.90 Å². The van der Waals surface area contributed by atoms with Gasteiger partial charge in [0.05, 0.1) is 6.61 Å². The van der Waals surface area contributed by atoms with Crippen LogP contribution >= 0.6 is 0 Å². The van der Waals surface area contributed by atoms with E-state index < -0.39 is 0 Å². The molecule has 0 radical (unpaired) electrons. The van der Waals surface area contributed by atoms with Crippen LogP contribution in [0, 0.1) is 11.8 Å². The maximum atomic E-state index is 9.61. The Hall–Kier alpha value is -0.120. The second-order valence-electron chi connectivity index (χ2n) is 5.99. The minimum absolute atomic E-state index is 0.185. The maximum Gasteiger partial charge on any atom is 0.0602 e. The Morgan fingerprint density at radius 1 is 1.25 bits per heavy atom. The first kappa shape index (κ1) is 12.3. The van der Waals surface area contributed by atoms with Crippen LogP contribution in [0.25, 0.3) is 0 Å². The van der Waals surface area contributed by atoms with Gasteiger partial charge in [0.1, 0.15) is 0 Å². The summed E-state index contributed by atoms with van der Waals surface area (Å²) in [5.74, 6) is 1.33. The molecule has 0 aromatic rings. The van der Waals surface area contributed by atoms with Crippen LogP contribution in [0.2, 0.25) is 0 Å². The van der Waals surface area contributed by atoms with E-state index in [1.165, 1.54) is 25.7 Å². The molecule has 0 heterocycles. The highest BCUT2D eigenvalue weighted by Crippen LogP contribution is 2.37. The highest BCUT2D eigenvalue weighted by Gasteiger charge is 2.41. The van der Waals surface area contributed by atoms with Crippen LogP contribution in [0.1, 0.15) is 39.5 Å². The summed E-state index contributed by atoms with van der Waals surface area (Å²) in [4.78, 5) is 2.48. The third kappa shape index (κ3) is 2.96. The lowest BCUT2D eigenvalue weighted by Crippen LogP contribution is -2.53. The second kappa shape index (κ2) is 5.03. The summed E-state index contributed by atoms with van der Waals surface area (Å²) in [7, 11) is 0. The number of hydrogen-bond donors (Lipinski definition) is 2.